The average molecular weight is 459 g/mol. The zero-order valence-corrected chi connectivity index (χ0v) is 17.6. The first-order chi connectivity index (χ1) is 15.3. The maximum absolute atomic E-state index is 14.9. The standard InChI is InChI=1S/C25H18ClF3O3/c26-15-8-10-23(32-13-14-7-9-16(27)12-22(14)28)21(11-15)18-4-1-3-17(18)19-5-2-6-20(24(19)29)25(30)31/h2,5-12H,1,3-4,13H2,(H,30,31). The molecule has 3 aromatic rings. The molecule has 0 atom stereocenters. The van der Waals surface area contributed by atoms with Crippen LogP contribution in [0.1, 0.15) is 46.3 Å². The van der Waals surface area contributed by atoms with Crippen molar-refractivity contribution in [2.24, 2.45) is 0 Å². The van der Waals surface area contributed by atoms with Gasteiger partial charge in [0.05, 0.1) is 5.56 Å². The molecule has 0 spiro atoms. The van der Waals surface area contributed by atoms with Crippen LogP contribution in [-0.4, -0.2) is 11.1 Å². The molecule has 0 aromatic heterocycles. The molecule has 0 saturated carbocycles. The van der Waals surface area contributed by atoms with Crippen LogP contribution < -0.4 is 4.74 Å². The van der Waals surface area contributed by atoms with Crippen molar-refractivity contribution in [3.8, 4) is 5.75 Å². The normalized spacial score (nSPS) is 13.5. The van der Waals surface area contributed by atoms with Crippen molar-refractivity contribution in [3.05, 3.63) is 99.3 Å². The molecule has 3 nitrogen and oxygen atoms in total. The smallest absolute Gasteiger partial charge is 0.338 e. The van der Waals surface area contributed by atoms with E-state index >= 15 is 0 Å². The fourth-order valence-electron chi connectivity index (χ4n) is 3.93. The number of carboxylic acids is 1. The number of ether oxygens (including phenoxy) is 1. The molecule has 1 aliphatic carbocycles. The minimum atomic E-state index is -1.34. The molecule has 1 N–H and O–H groups in total. The Labute approximate surface area is 187 Å². The molecule has 0 bridgehead atoms. The Bertz CT molecular complexity index is 1240. The fraction of sp³-hybridized carbons (Fsp3) is 0.160. The van der Waals surface area contributed by atoms with Crippen molar-refractivity contribution in [3.63, 3.8) is 0 Å². The second-order valence-electron chi connectivity index (χ2n) is 7.45. The molecule has 1 aliphatic rings. The molecule has 0 saturated heterocycles. The van der Waals surface area contributed by atoms with Crippen LogP contribution >= 0.6 is 11.6 Å². The summed E-state index contributed by atoms with van der Waals surface area (Å²) in [4.78, 5) is 11.4. The highest BCUT2D eigenvalue weighted by atomic mass is 35.5. The van der Waals surface area contributed by atoms with Crippen molar-refractivity contribution >= 4 is 28.7 Å². The van der Waals surface area contributed by atoms with Gasteiger partial charge in [-0.15, -0.1) is 0 Å². The lowest BCUT2D eigenvalue weighted by atomic mass is 9.95. The fourth-order valence-corrected chi connectivity index (χ4v) is 4.10. The zero-order chi connectivity index (χ0) is 22.8. The van der Waals surface area contributed by atoms with E-state index in [1.165, 1.54) is 18.2 Å². The van der Waals surface area contributed by atoms with E-state index in [2.05, 4.69) is 0 Å². The first-order valence-corrected chi connectivity index (χ1v) is 10.3. The van der Waals surface area contributed by atoms with Gasteiger partial charge in [0, 0.05) is 27.8 Å². The number of carboxylic acid groups (broad SMARTS) is 1. The highest BCUT2D eigenvalue weighted by Gasteiger charge is 2.25. The Morgan fingerprint density at radius 3 is 2.44 bits per heavy atom. The van der Waals surface area contributed by atoms with Crippen LogP contribution in [0, 0.1) is 17.5 Å². The number of halogens is 4. The summed E-state index contributed by atoms with van der Waals surface area (Å²) in [6.07, 6.45) is 1.93. The summed E-state index contributed by atoms with van der Waals surface area (Å²) in [6, 6.07) is 12.5. The Morgan fingerprint density at radius 1 is 0.969 bits per heavy atom. The van der Waals surface area contributed by atoms with E-state index < -0.39 is 29.0 Å². The number of carbonyl (C=O) groups is 1. The topological polar surface area (TPSA) is 46.5 Å². The Morgan fingerprint density at radius 2 is 1.72 bits per heavy atom. The van der Waals surface area contributed by atoms with Crippen molar-refractivity contribution < 1.29 is 27.8 Å². The summed E-state index contributed by atoms with van der Waals surface area (Å²) in [5.41, 5.74) is 2.14. The Balaban J connectivity index is 1.75. The molecular weight excluding hydrogens is 441 g/mol. The minimum Gasteiger partial charge on any atom is -0.488 e. The molecule has 4 rings (SSSR count). The van der Waals surface area contributed by atoms with E-state index in [4.69, 9.17) is 16.3 Å². The third kappa shape index (κ3) is 4.36. The molecule has 7 heteroatoms. The highest BCUT2D eigenvalue weighted by Crippen LogP contribution is 2.44. The summed E-state index contributed by atoms with van der Waals surface area (Å²) < 4.78 is 48.0. The van der Waals surface area contributed by atoms with Gasteiger partial charge in [-0.3, -0.25) is 0 Å². The minimum absolute atomic E-state index is 0.133. The molecule has 0 aliphatic heterocycles. The van der Waals surface area contributed by atoms with E-state index in [0.29, 0.717) is 34.8 Å². The van der Waals surface area contributed by atoms with Gasteiger partial charge in [0.2, 0.25) is 0 Å². The quantitative estimate of drug-likeness (QED) is 0.427. The maximum atomic E-state index is 14.9. The first-order valence-electron chi connectivity index (χ1n) is 9.96. The molecule has 32 heavy (non-hydrogen) atoms. The SMILES string of the molecule is O=C(O)c1cccc(C2=C(c3cc(Cl)ccc3OCc3ccc(F)cc3F)CCC2)c1F. The monoisotopic (exact) mass is 458 g/mol. The highest BCUT2D eigenvalue weighted by molar-refractivity contribution is 6.30. The number of rotatable bonds is 6. The van der Waals surface area contributed by atoms with Gasteiger partial charge in [0.1, 0.15) is 29.8 Å². The van der Waals surface area contributed by atoms with Crippen molar-refractivity contribution in [2.75, 3.05) is 0 Å². The van der Waals surface area contributed by atoms with Gasteiger partial charge in [0.15, 0.2) is 0 Å². The Hall–Kier alpha value is -3.25. The van der Waals surface area contributed by atoms with Gasteiger partial charge < -0.3 is 9.84 Å². The number of aromatic carboxylic acids is 1. The van der Waals surface area contributed by atoms with Gasteiger partial charge in [-0.2, -0.15) is 0 Å². The number of benzene rings is 3. The van der Waals surface area contributed by atoms with E-state index in [0.717, 1.165) is 24.1 Å². The summed E-state index contributed by atoms with van der Waals surface area (Å²) in [7, 11) is 0. The molecular formula is C25H18ClF3O3. The molecule has 0 radical (unpaired) electrons. The molecule has 0 unspecified atom stereocenters. The van der Waals surface area contributed by atoms with Crippen LogP contribution in [0.2, 0.25) is 5.02 Å². The zero-order valence-electron chi connectivity index (χ0n) is 16.8. The summed E-state index contributed by atoms with van der Waals surface area (Å²) in [5.74, 6) is -3.09. The summed E-state index contributed by atoms with van der Waals surface area (Å²) >= 11 is 6.22. The lowest BCUT2D eigenvalue weighted by molar-refractivity contribution is 0.0692. The Kier molecular flexibility index (Phi) is 6.24. The number of hydrogen-bond acceptors (Lipinski definition) is 2. The molecule has 3 aromatic carbocycles. The third-order valence-electron chi connectivity index (χ3n) is 5.44. The number of allylic oxidation sites excluding steroid dienone is 2. The third-order valence-corrected chi connectivity index (χ3v) is 5.67. The predicted molar refractivity (Wildman–Crippen MR) is 116 cm³/mol. The largest absolute Gasteiger partial charge is 0.488 e. The van der Waals surface area contributed by atoms with E-state index in [9.17, 15) is 23.1 Å². The molecule has 164 valence electrons. The van der Waals surface area contributed by atoms with Crippen LogP contribution in [0.3, 0.4) is 0 Å². The van der Waals surface area contributed by atoms with Crippen molar-refractivity contribution in [1.29, 1.82) is 0 Å². The summed E-state index contributed by atoms with van der Waals surface area (Å²) in [6.45, 7) is -0.133. The van der Waals surface area contributed by atoms with Crippen LogP contribution in [-0.2, 0) is 6.61 Å². The van der Waals surface area contributed by atoms with E-state index in [1.807, 2.05) is 0 Å². The van der Waals surface area contributed by atoms with Gasteiger partial charge in [-0.05, 0) is 66.8 Å². The van der Waals surface area contributed by atoms with E-state index in [-0.39, 0.29) is 17.7 Å². The van der Waals surface area contributed by atoms with Crippen LogP contribution in [0.25, 0.3) is 11.1 Å². The maximum Gasteiger partial charge on any atom is 0.338 e. The van der Waals surface area contributed by atoms with E-state index in [1.54, 1.807) is 24.3 Å². The van der Waals surface area contributed by atoms with Gasteiger partial charge in [-0.25, -0.2) is 18.0 Å². The summed E-state index contributed by atoms with van der Waals surface area (Å²) in [5, 5.41) is 9.71. The predicted octanol–water partition coefficient (Wildman–Crippen LogP) is 7.13. The first kappa shape index (κ1) is 22.0. The average Bonchev–Trinajstić information content (AvgIpc) is 3.23. The molecule has 0 fully saturated rings. The second kappa shape index (κ2) is 9.09. The van der Waals surface area contributed by atoms with Crippen molar-refractivity contribution in [1.82, 2.24) is 0 Å². The van der Waals surface area contributed by atoms with Gasteiger partial charge in [-0.1, -0.05) is 23.7 Å². The number of hydrogen-bond donors (Lipinski definition) is 1. The van der Waals surface area contributed by atoms with Crippen LogP contribution in [0.15, 0.2) is 54.6 Å². The van der Waals surface area contributed by atoms with Crippen LogP contribution in [0.5, 0.6) is 5.75 Å². The van der Waals surface area contributed by atoms with Gasteiger partial charge >= 0.3 is 5.97 Å². The van der Waals surface area contributed by atoms with Gasteiger partial charge in [0.25, 0.3) is 0 Å². The van der Waals surface area contributed by atoms with Crippen molar-refractivity contribution in [2.45, 2.75) is 25.9 Å². The lowest BCUT2D eigenvalue weighted by Crippen LogP contribution is -2.04. The molecule has 0 amide bonds. The molecule has 0 heterocycles. The van der Waals surface area contributed by atoms with Crippen LogP contribution in [0.4, 0.5) is 13.2 Å². The lowest BCUT2D eigenvalue weighted by Gasteiger charge is -2.16. The second-order valence-corrected chi connectivity index (χ2v) is 7.88.